The molecule has 0 spiro atoms. The van der Waals surface area contributed by atoms with Gasteiger partial charge in [0.05, 0.1) is 38.6 Å². The Hall–Kier alpha value is -9.39. The van der Waals surface area contributed by atoms with Crippen LogP contribution in [0.5, 0.6) is 0 Å². The Morgan fingerprint density at radius 2 is 0.580 bits per heavy atom. The summed E-state index contributed by atoms with van der Waals surface area (Å²) in [5, 5.41) is 14.2. The molecule has 320 valence electrons. The van der Waals surface area contributed by atoms with Crippen LogP contribution in [-0.4, -0.2) is 28.5 Å². The number of aromatic nitrogens is 6. The summed E-state index contributed by atoms with van der Waals surface area (Å²) in [4.78, 5) is 16.3. The Morgan fingerprint density at radius 1 is 0.246 bits per heavy atom. The zero-order valence-corrected chi connectivity index (χ0v) is 37.1. The fourth-order valence-electron chi connectivity index (χ4n) is 11.4. The molecule has 0 N–H and O–H groups in total. The number of hydrogen-bond acceptors (Lipinski definition) is 3. The van der Waals surface area contributed by atoms with Gasteiger partial charge in [0.25, 0.3) is 0 Å². The van der Waals surface area contributed by atoms with Crippen LogP contribution < -0.4 is 0 Å². The number of para-hydroxylation sites is 7. The Kier molecular flexibility index (Phi) is 7.97. The number of rotatable bonds is 4. The van der Waals surface area contributed by atoms with Gasteiger partial charge < -0.3 is 4.40 Å². The summed E-state index contributed by atoms with van der Waals surface area (Å²) in [6, 6.07) is 82.9. The number of nitrogens with zero attached hydrogens (tertiary/aromatic N) is 6. The zero-order valence-electron chi connectivity index (χ0n) is 37.1. The van der Waals surface area contributed by atoms with E-state index in [1.54, 1.807) is 0 Å². The van der Waals surface area contributed by atoms with Crippen molar-refractivity contribution in [2.75, 3.05) is 0 Å². The molecule has 0 unspecified atom stereocenters. The number of fused-ring (bicyclic) bond motifs is 16. The van der Waals surface area contributed by atoms with Crippen LogP contribution in [0.4, 0.5) is 0 Å². The largest absolute Gasteiger partial charge is 0.307 e. The lowest BCUT2D eigenvalue weighted by atomic mass is 9.97. The predicted molar refractivity (Wildman–Crippen MR) is 287 cm³/mol. The van der Waals surface area contributed by atoms with Crippen LogP contribution in [0.15, 0.2) is 231 Å². The zero-order chi connectivity index (χ0) is 45.2. The van der Waals surface area contributed by atoms with Gasteiger partial charge >= 0.3 is 0 Å². The highest BCUT2D eigenvalue weighted by Gasteiger charge is 2.22. The van der Waals surface area contributed by atoms with Gasteiger partial charge in [-0.05, 0) is 63.5 Å². The third kappa shape index (κ3) is 5.45. The Bertz CT molecular complexity index is 4450. The third-order valence-electron chi connectivity index (χ3n) is 14.3. The van der Waals surface area contributed by atoms with Crippen molar-refractivity contribution in [2.45, 2.75) is 0 Å². The summed E-state index contributed by atoms with van der Waals surface area (Å²) in [6.07, 6.45) is 0. The molecule has 0 saturated heterocycles. The highest BCUT2D eigenvalue weighted by molar-refractivity contribution is 6.26. The van der Waals surface area contributed by atoms with Gasteiger partial charge in [-0.15, -0.1) is 0 Å². The van der Waals surface area contributed by atoms with E-state index < -0.39 is 0 Å². The molecule has 0 aliphatic heterocycles. The van der Waals surface area contributed by atoms with Crippen LogP contribution in [0.2, 0.25) is 0 Å². The van der Waals surface area contributed by atoms with Crippen molar-refractivity contribution in [1.29, 1.82) is 0 Å². The van der Waals surface area contributed by atoms with E-state index in [1.807, 2.05) is 0 Å². The number of benzene rings is 10. The molecule has 6 nitrogen and oxygen atoms in total. The van der Waals surface area contributed by atoms with Gasteiger partial charge in [-0.25, -0.2) is 0 Å². The highest BCUT2D eigenvalue weighted by Crippen LogP contribution is 2.42. The van der Waals surface area contributed by atoms with Gasteiger partial charge in [0.2, 0.25) is 11.9 Å². The molecule has 0 bridgehead atoms. The summed E-state index contributed by atoms with van der Waals surface area (Å²) in [5.74, 6) is 1.68. The first-order chi connectivity index (χ1) is 34.3. The summed E-state index contributed by atoms with van der Waals surface area (Å²) >= 11 is 0. The Morgan fingerprint density at radius 3 is 1.07 bits per heavy atom. The Balaban J connectivity index is 1.06. The van der Waals surface area contributed by atoms with Crippen LogP contribution in [0, 0.1) is 0 Å². The lowest BCUT2D eigenvalue weighted by Gasteiger charge is -2.14. The molecule has 0 aliphatic carbocycles. The molecule has 0 atom stereocenters. The van der Waals surface area contributed by atoms with Crippen molar-refractivity contribution in [3.05, 3.63) is 231 Å². The molecule has 0 fully saturated rings. The van der Waals surface area contributed by atoms with E-state index in [9.17, 15) is 0 Å². The fraction of sp³-hybridized carbons (Fsp3) is 0. The average Bonchev–Trinajstić information content (AvgIpc) is 4.07. The maximum absolute atomic E-state index is 5.45. The lowest BCUT2D eigenvalue weighted by molar-refractivity contribution is 0.893. The molecule has 10 aromatic carbocycles. The molecule has 0 saturated carbocycles. The summed E-state index contributed by atoms with van der Waals surface area (Å²) in [6.45, 7) is 0. The van der Waals surface area contributed by atoms with Gasteiger partial charge in [0.15, 0.2) is 5.82 Å². The van der Waals surface area contributed by atoms with Crippen LogP contribution in [0.3, 0.4) is 0 Å². The van der Waals surface area contributed by atoms with Crippen LogP contribution in [0.1, 0.15) is 0 Å². The molecule has 0 radical (unpaired) electrons. The molecular weight excluding hydrogens is 841 g/mol. The van der Waals surface area contributed by atoms with E-state index in [0.29, 0.717) is 17.7 Å². The second kappa shape index (κ2) is 14.6. The second-order valence-corrected chi connectivity index (χ2v) is 17.9. The van der Waals surface area contributed by atoms with Crippen molar-refractivity contribution in [2.24, 2.45) is 0 Å². The SMILES string of the molecule is c1cc(-c2nc(-n3c4ccccc4c4ccccc43)nc(-n3c4ccccc4c4ccccc43)n2)cc(-c2cccc3c4ccccc4c4ccccc4c4cccc5c6ccccc6n(c23)c45)c1. The minimum Gasteiger partial charge on any atom is -0.307 e. The average molecular weight is 879 g/mol. The maximum Gasteiger partial charge on any atom is 0.240 e. The monoisotopic (exact) mass is 878 g/mol. The second-order valence-electron chi connectivity index (χ2n) is 17.9. The quantitative estimate of drug-likeness (QED) is 0.177. The van der Waals surface area contributed by atoms with Crippen molar-refractivity contribution in [1.82, 2.24) is 28.5 Å². The highest BCUT2D eigenvalue weighted by atomic mass is 15.3. The van der Waals surface area contributed by atoms with Gasteiger partial charge in [-0.1, -0.05) is 194 Å². The van der Waals surface area contributed by atoms with Crippen molar-refractivity contribution in [3.8, 4) is 34.4 Å². The first kappa shape index (κ1) is 37.8. The first-order valence-corrected chi connectivity index (χ1v) is 23.5. The standard InChI is InChI=1S/C63H38N6/c1-3-22-44-42(20-1)43-21-2-4-23-45(43)52-31-17-32-53-50-28-9-14-37-58(50)69(60(52)53)59-41(29-16-30-51(44)59)39-18-15-19-40(38-39)61-64-62(67-54-33-10-5-24-46(54)47-25-6-11-34-55(47)67)66-63(65-61)68-56-35-12-7-26-48(56)49-27-8-13-36-57(49)68/h1-38H. The van der Waals surface area contributed by atoms with E-state index in [0.717, 1.165) is 76.7 Å². The van der Waals surface area contributed by atoms with E-state index in [4.69, 9.17) is 15.0 Å². The molecule has 0 aliphatic rings. The minimum absolute atomic E-state index is 0.551. The van der Waals surface area contributed by atoms with E-state index in [-0.39, 0.29) is 0 Å². The van der Waals surface area contributed by atoms with Gasteiger partial charge in [0.1, 0.15) is 0 Å². The maximum atomic E-state index is 5.45. The molecule has 0 amide bonds. The van der Waals surface area contributed by atoms with Crippen molar-refractivity contribution < 1.29 is 0 Å². The lowest BCUT2D eigenvalue weighted by Crippen LogP contribution is -2.10. The van der Waals surface area contributed by atoms with Gasteiger partial charge in [-0.2, -0.15) is 15.0 Å². The fourth-order valence-corrected chi connectivity index (χ4v) is 11.4. The third-order valence-corrected chi connectivity index (χ3v) is 14.3. The summed E-state index contributed by atoms with van der Waals surface area (Å²) in [5.41, 5.74) is 10.6. The van der Waals surface area contributed by atoms with Gasteiger partial charge in [0, 0.05) is 54.2 Å². The molecular formula is C63H38N6. The molecule has 5 heterocycles. The smallest absolute Gasteiger partial charge is 0.240 e. The molecule has 69 heavy (non-hydrogen) atoms. The van der Waals surface area contributed by atoms with Crippen LogP contribution in [-0.2, 0) is 0 Å². The molecule has 5 aromatic heterocycles. The molecule has 15 aromatic rings. The number of hydrogen-bond donors (Lipinski definition) is 0. The topological polar surface area (TPSA) is 52.9 Å². The van der Waals surface area contributed by atoms with Crippen LogP contribution in [0.25, 0.3) is 138 Å². The minimum atomic E-state index is 0.551. The van der Waals surface area contributed by atoms with E-state index in [1.165, 1.54) is 43.2 Å². The predicted octanol–water partition coefficient (Wildman–Crippen LogP) is 16.0. The molecule has 15 rings (SSSR count). The Labute approximate surface area is 394 Å². The van der Waals surface area contributed by atoms with E-state index >= 15 is 0 Å². The normalized spacial score (nSPS) is 12.1. The summed E-state index contributed by atoms with van der Waals surface area (Å²) in [7, 11) is 0. The van der Waals surface area contributed by atoms with Gasteiger partial charge in [-0.3, -0.25) is 9.13 Å². The molecule has 6 heteroatoms. The van der Waals surface area contributed by atoms with Crippen molar-refractivity contribution >= 4 is 103 Å². The summed E-state index contributed by atoms with van der Waals surface area (Å²) < 4.78 is 6.91. The first-order valence-electron chi connectivity index (χ1n) is 23.5. The van der Waals surface area contributed by atoms with Crippen molar-refractivity contribution in [3.63, 3.8) is 0 Å². The van der Waals surface area contributed by atoms with Crippen LogP contribution >= 0.6 is 0 Å². The van der Waals surface area contributed by atoms with E-state index in [2.05, 4.69) is 244 Å².